The number of hydrogen-bond acceptors (Lipinski definition) is 3. The molecule has 1 aliphatic rings. The molecular weight excluding hydrogens is 250 g/mol. The molecule has 2 aromatic rings. The summed E-state index contributed by atoms with van der Waals surface area (Å²) in [4.78, 5) is 2.22. The molecule has 0 bridgehead atoms. The zero-order valence-electron chi connectivity index (χ0n) is 12.0. The van der Waals surface area contributed by atoms with Crippen molar-refractivity contribution < 1.29 is 5.11 Å². The van der Waals surface area contributed by atoms with Gasteiger partial charge < -0.3 is 5.11 Å². The number of likely N-dealkylation sites (N-methyl/N-ethyl adjacent to an activating group) is 1. The summed E-state index contributed by atoms with van der Waals surface area (Å²) in [5.74, 6) is 0. The number of hydrogen-bond donors (Lipinski definition) is 1. The first-order valence-electron chi connectivity index (χ1n) is 7.16. The lowest BCUT2D eigenvalue weighted by Gasteiger charge is -2.26. The van der Waals surface area contributed by atoms with Crippen molar-refractivity contribution >= 4 is 0 Å². The number of benzene rings is 1. The topological polar surface area (TPSA) is 41.3 Å². The van der Waals surface area contributed by atoms with Gasteiger partial charge in [-0.25, -0.2) is 0 Å². The van der Waals surface area contributed by atoms with E-state index < -0.39 is 6.10 Å². The van der Waals surface area contributed by atoms with Crippen LogP contribution in [0.15, 0.2) is 36.7 Å². The van der Waals surface area contributed by atoms with Crippen LogP contribution in [0, 0.1) is 0 Å². The molecule has 106 valence electrons. The van der Waals surface area contributed by atoms with Crippen LogP contribution in [0.4, 0.5) is 0 Å². The molecule has 0 saturated carbocycles. The molecule has 0 amide bonds. The number of fused-ring (bicyclic) bond motifs is 1. The predicted molar refractivity (Wildman–Crippen MR) is 78.3 cm³/mol. The zero-order chi connectivity index (χ0) is 14.1. The molecule has 3 rings (SSSR count). The summed E-state index contributed by atoms with van der Waals surface area (Å²) in [6, 6.07) is 8.33. The number of aryl methyl sites for hydroxylation is 1. The molecule has 0 unspecified atom stereocenters. The molecule has 0 spiro atoms. The Morgan fingerprint density at radius 1 is 1.40 bits per heavy atom. The normalized spacial score (nSPS) is 21.4. The third-order valence-corrected chi connectivity index (χ3v) is 4.18. The van der Waals surface area contributed by atoms with Gasteiger partial charge in [0.25, 0.3) is 0 Å². The smallest absolute Gasteiger partial charge is 0.0951 e. The Bertz CT molecular complexity index is 593. The van der Waals surface area contributed by atoms with E-state index in [2.05, 4.69) is 36.2 Å². The van der Waals surface area contributed by atoms with E-state index in [0.717, 1.165) is 25.1 Å². The van der Waals surface area contributed by atoms with Gasteiger partial charge in [-0.2, -0.15) is 5.10 Å². The lowest BCUT2D eigenvalue weighted by atomic mass is 10.1. The van der Waals surface area contributed by atoms with Gasteiger partial charge in [0.15, 0.2) is 0 Å². The Balaban J connectivity index is 1.71. The van der Waals surface area contributed by atoms with Crippen molar-refractivity contribution in [2.24, 2.45) is 0 Å². The molecule has 20 heavy (non-hydrogen) atoms. The van der Waals surface area contributed by atoms with Crippen molar-refractivity contribution in [3.63, 3.8) is 0 Å². The molecule has 4 nitrogen and oxygen atoms in total. The molecule has 1 aromatic heterocycles. The average molecular weight is 271 g/mol. The largest absolute Gasteiger partial charge is 0.387 e. The average Bonchev–Trinajstić information content (AvgIpc) is 3.04. The summed E-state index contributed by atoms with van der Waals surface area (Å²) < 4.78 is 1.93. The van der Waals surface area contributed by atoms with Gasteiger partial charge in [0.05, 0.1) is 12.3 Å². The van der Waals surface area contributed by atoms with Gasteiger partial charge in [0.1, 0.15) is 0 Å². The monoisotopic (exact) mass is 271 g/mol. The first-order chi connectivity index (χ1) is 9.69. The molecule has 4 heteroatoms. The number of aromatic nitrogens is 2. The summed E-state index contributed by atoms with van der Waals surface area (Å²) in [5.41, 5.74) is 3.53. The highest BCUT2D eigenvalue weighted by Gasteiger charge is 2.33. The first kappa shape index (κ1) is 13.3. The maximum Gasteiger partial charge on any atom is 0.0951 e. The third-order valence-electron chi connectivity index (χ3n) is 4.18. The minimum absolute atomic E-state index is 0.150. The summed E-state index contributed by atoms with van der Waals surface area (Å²) in [7, 11) is 2.07. The van der Waals surface area contributed by atoms with Gasteiger partial charge in [0.2, 0.25) is 0 Å². The quantitative estimate of drug-likeness (QED) is 0.924. The fourth-order valence-electron chi connectivity index (χ4n) is 3.02. The van der Waals surface area contributed by atoms with Crippen LogP contribution in [0.25, 0.3) is 0 Å². The van der Waals surface area contributed by atoms with Crippen LogP contribution in [0.2, 0.25) is 0 Å². The molecule has 0 fully saturated rings. The summed E-state index contributed by atoms with van der Waals surface area (Å²) in [6.07, 6.45) is 4.51. The van der Waals surface area contributed by atoms with Crippen LogP contribution in [-0.2, 0) is 19.5 Å². The van der Waals surface area contributed by atoms with E-state index >= 15 is 0 Å². The van der Waals surface area contributed by atoms with Crippen LogP contribution < -0.4 is 0 Å². The molecule has 1 heterocycles. The van der Waals surface area contributed by atoms with Crippen LogP contribution >= 0.6 is 0 Å². The van der Waals surface area contributed by atoms with Gasteiger partial charge in [-0.3, -0.25) is 9.58 Å². The van der Waals surface area contributed by atoms with Crippen molar-refractivity contribution in [3.8, 4) is 0 Å². The number of rotatable bonds is 4. The second kappa shape index (κ2) is 5.38. The lowest BCUT2D eigenvalue weighted by molar-refractivity contribution is 0.0721. The van der Waals surface area contributed by atoms with Crippen molar-refractivity contribution in [3.05, 3.63) is 53.3 Å². The van der Waals surface area contributed by atoms with E-state index in [1.54, 1.807) is 0 Å². The number of aliphatic hydroxyl groups is 1. The second-order valence-electron chi connectivity index (χ2n) is 5.53. The molecule has 0 aliphatic heterocycles. The van der Waals surface area contributed by atoms with E-state index in [0.29, 0.717) is 0 Å². The Hall–Kier alpha value is -1.65. The Morgan fingerprint density at radius 3 is 2.90 bits per heavy atom. The molecule has 0 saturated heterocycles. The van der Waals surface area contributed by atoms with Gasteiger partial charge in [0, 0.05) is 30.9 Å². The standard InChI is InChI=1S/C16H21N3O/c1-3-19-11-12(9-17-19)10-18(2)15-8-13-6-4-5-7-14(13)16(15)20/h4-7,9,11,15-16,20H,3,8,10H2,1-2H3/t15-,16-/m1/s1. The SMILES string of the molecule is CCn1cc(CN(C)[C@@H]2Cc3ccccc3[C@H]2O)cn1. The van der Waals surface area contributed by atoms with Gasteiger partial charge in [-0.05, 0) is 31.5 Å². The van der Waals surface area contributed by atoms with Crippen molar-refractivity contribution in [2.75, 3.05) is 7.05 Å². The maximum atomic E-state index is 10.5. The molecule has 1 aromatic carbocycles. The van der Waals surface area contributed by atoms with E-state index in [1.807, 2.05) is 29.1 Å². The minimum Gasteiger partial charge on any atom is -0.387 e. The van der Waals surface area contributed by atoms with Crippen molar-refractivity contribution in [2.45, 2.75) is 38.6 Å². The highest BCUT2D eigenvalue weighted by atomic mass is 16.3. The highest BCUT2D eigenvalue weighted by Crippen LogP contribution is 2.34. The van der Waals surface area contributed by atoms with Gasteiger partial charge >= 0.3 is 0 Å². The molecule has 1 N–H and O–H groups in total. The lowest BCUT2D eigenvalue weighted by Crippen LogP contribution is -2.34. The number of nitrogens with zero attached hydrogens (tertiary/aromatic N) is 3. The predicted octanol–water partition coefficient (Wildman–Crippen LogP) is 1.99. The van der Waals surface area contributed by atoms with Crippen molar-refractivity contribution in [1.29, 1.82) is 0 Å². The van der Waals surface area contributed by atoms with Crippen LogP contribution in [-0.4, -0.2) is 32.9 Å². The van der Waals surface area contributed by atoms with E-state index in [1.165, 1.54) is 11.1 Å². The summed E-state index contributed by atoms with van der Waals surface area (Å²) in [5, 5.41) is 14.8. The molecule has 0 radical (unpaired) electrons. The summed E-state index contributed by atoms with van der Waals surface area (Å²) >= 11 is 0. The van der Waals surface area contributed by atoms with E-state index in [-0.39, 0.29) is 6.04 Å². The molecule has 1 aliphatic carbocycles. The van der Waals surface area contributed by atoms with E-state index in [4.69, 9.17) is 0 Å². The second-order valence-corrected chi connectivity index (χ2v) is 5.53. The third kappa shape index (κ3) is 2.37. The van der Waals surface area contributed by atoms with Crippen molar-refractivity contribution in [1.82, 2.24) is 14.7 Å². The van der Waals surface area contributed by atoms with E-state index in [9.17, 15) is 5.11 Å². The summed E-state index contributed by atoms with van der Waals surface area (Å²) in [6.45, 7) is 3.79. The Kier molecular flexibility index (Phi) is 3.59. The fourth-order valence-corrected chi connectivity index (χ4v) is 3.02. The van der Waals surface area contributed by atoms with Gasteiger partial charge in [-0.1, -0.05) is 24.3 Å². The Labute approximate surface area is 119 Å². The van der Waals surface area contributed by atoms with Crippen LogP contribution in [0.5, 0.6) is 0 Å². The Morgan fingerprint density at radius 2 is 2.20 bits per heavy atom. The van der Waals surface area contributed by atoms with Gasteiger partial charge in [-0.15, -0.1) is 0 Å². The number of aliphatic hydroxyl groups excluding tert-OH is 1. The highest BCUT2D eigenvalue weighted by molar-refractivity contribution is 5.35. The first-order valence-corrected chi connectivity index (χ1v) is 7.16. The van der Waals surface area contributed by atoms with Crippen LogP contribution in [0.3, 0.4) is 0 Å². The fraction of sp³-hybridized carbons (Fsp3) is 0.438. The molecule has 2 atom stereocenters. The minimum atomic E-state index is -0.391. The van der Waals surface area contributed by atoms with Crippen LogP contribution in [0.1, 0.15) is 29.7 Å². The maximum absolute atomic E-state index is 10.5. The zero-order valence-corrected chi connectivity index (χ0v) is 12.0. The molecular formula is C16H21N3O.